The van der Waals surface area contributed by atoms with E-state index in [1.807, 2.05) is 31.2 Å². The molecule has 0 N–H and O–H groups in total. The molecule has 0 aliphatic carbocycles. The molecule has 0 fully saturated rings. The highest BCUT2D eigenvalue weighted by molar-refractivity contribution is 5.50. The largest absolute Gasteiger partial charge is 0.497 e. The van der Waals surface area contributed by atoms with E-state index in [0.717, 1.165) is 35.2 Å². The van der Waals surface area contributed by atoms with Crippen LogP contribution in [0.3, 0.4) is 0 Å². The number of allylic oxidation sites excluding steroid dienone is 1. The van der Waals surface area contributed by atoms with Crippen molar-refractivity contribution in [3.05, 3.63) is 41.0 Å². The summed E-state index contributed by atoms with van der Waals surface area (Å²) in [5.41, 5.74) is 3.26. The minimum Gasteiger partial charge on any atom is -0.497 e. The lowest BCUT2D eigenvalue weighted by Gasteiger charge is -2.13. The molecular formula is C18H26O5. The Bertz CT molecular complexity index is 479. The SMILES string of the molecule is COCOC/C(COCc1ccc(OC)cc1)=C(/C)CCC=O. The van der Waals surface area contributed by atoms with Gasteiger partial charge in [-0.05, 0) is 36.6 Å². The molecule has 5 heteroatoms. The summed E-state index contributed by atoms with van der Waals surface area (Å²) in [7, 11) is 3.23. The zero-order chi connectivity index (χ0) is 16.9. The van der Waals surface area contributed by atoms with Crippen LogP contribution < -0.4 is 4.74 Å². The summed E-state index contributed by atoms with van der Waals surface area (Å²) < 4.78 is 21.2. The normalized spacial score (nSPS) is 12.0. The van der Waals surface area contributed by atoms with Crippen LogP contribution >= 0.6 is 0 Å². The molecule has 0 aromatic heterocycles. The first-order valence-corrected chi connectivity index (χ1v) is 7.59. The van der Waals surface area contributed by atoms with Crippen LogP contribution in [0.5, 0.6) is 5.75 Å². The highest BCUT2D eigenvalue weighted by atomic mass is 16.7. The van der Waals surface area contributed by atoms with Gasteiger partial charge in [-0.3, -0.25) is 0 Å². The molecule has 0 spiro atoms. The first-order valence-electron chi connectivity index (χ1n) is 7.59. The average molecular weight is 322 g/mol. The molecule has 0 saturated carbocycles. The molecule has 0 aliphatic heterocycles. The monoisotopic (exact) mass is 322 g/mol. The van der Waals surface area contributed by atoms with Gasteiger partial charge in [0.05, 0.1) is 26.9 Å². The van der Waals surface area contributed by atoms with Crippen molar-refractivity contribution in [2.45, 2.75) is 26.4 Å². The summed E-state index contributed by atoms with van der Waals surface area (Å²) in [6.45, 7) is 3.68. The van der Waals surface area contributed by atoms with Gasteiger partial charge in [0, 0.05) is 13.5 Å². The molecule has 23 heavy (non-hydrogen) atoms. The number of carbonyl (C=O) groups excluding carboxylic acids is 1. The van der Waals surface area contributed by atoms with Crippen LogP contribution in [-0.2, 0) is 25.6 Å². The van der Waals surface area contributed by atoms with Crippen molar-refractivity contribution in [3.63, 3.8) is 0 Å². The molecule has 0 aliphatic rings. The van der Waals surface area contributed by atoms with E-state index in [1.54, 1.807) is 14.2 Å². The number of rotatable bonds is 12. The first-order chi connectivity index (χ1) is 11.2. The molecule has 1 aromatic carbocycles. The molecule has 128 valence electrons. The summed E-state index contributed by atoms with van der Waals surface area (Å²) in [5, 5.41) is 0. The summed E-state index contributed by atoms with van der Waals surface area (Å²) in [5.74, 6) is 0.826. The Morgan fingerprint density at radius 2 is 1.78 bits per heavy atom. The fraction of sp³-hybridized carbons (Fsp3) is 0.500. The second-order valence-electron chi connectivity index (χ2n) is 5.19. The Balaban J connectivity index is 2.52. The molecule has 1 rings (SSSR count). The second-order valence-corrected chi connectivity index (χ2v) is 5.19. The molecule has 0 heterocycles. The Morgan fingerprint density at radius 1 is 1.09 bits per heavy atom. The highest BCUT2D eigenvalue weighted by Gasteiger charge is 2.05. The maximum Gasteiger partial charge on any atom is 0.146 e. The van der Waals surface area contributed by atoms with Crippen LogP contribution in [0.25, 0.3) is 0 Å². The number of hydrogen-bond donors (Lipinski definition) is 0. The molecule has 0 unspecified atom stereocenters. The first kappa shape index (κ1) is 19.4. The lowest BCUT2D eigenvalue weighted by molar-refractivity contribution is -0.107. The van der Waals surface area contributed by atoms with Gasteiger partial charge in [-0.1, -0.05) is 17.7 Å². The lowest BCUT2D eigenvalue weighted by Crippen LogP contribution is -2.09. The fourth-order valence-electron chi connectivity index (χ4n) is 2.00. The van der Waals surface area contributed by atoms with Gasteiger partial charge in [0.2, 0.25) is 0 Å². The van der Waals surface area contributed by atoms with Crippen molar-refractivity contribution in [2.75, 3.05) is 34.2 Å². The van der Waals surface area contributed by atoms with Crippen molar-refractivity contribution in [3.8, 4) is 5.75 Å². The van der Waals surface area contributed by atoms with E-state index in [0.29, 0.717) is 26.2 Å². The predicted octanol–water partition coefficient (Wildman–Crippen LogP) is 3.13. The van der Waals surface area contributed by atoms with Crippen molar-refractivity contribution >= 4 is 6.29 Å². The van der Waals surface area contributed by atoms with Crippen molar-refractivity contribution in [1.29, 1.82) is 0 Å². The van der Waals surface area contributed by atoms with Crippen LogP contribution in [0.4, 0.5) is 0 Å². The molecule has 5 nitrogen and oxygen atoms in total. The molecule has 0 radical (unpaired) electrons. The van der Waals surface area contributed by atoms with E-state index in [4.69, 9.17) is 18.9 Å². The van der Waals surface area contributed by atoms with Crippen molar-refractivity contribution in [1.82, 2.24) is 0 Å². The van der Waals surface area contributed by atoms with Crippen LogP contribution in [0.15, 0.2) is 35.4 Å². The maximum atomic E-state index is 10.5. The molecule has 0 saturated heterocycles. The topological polar surface area (TPSA) is 54.0 Å². The predicted molar refractivity (Wildman–Crippen MR) is 88.5 cm³/mol. The smallest absolute Gasteiger partial charge is 0.146 e. The minimum atomic E-state index is 0.239. The zero-order valence-electron chi connectivity index (χ0n) is 14.2. The van der Waals surface area contributed by atoms with Crippen molar-refractivity contribution < 1.29 is 23.7 Å². The van der Waals surface area contributed by atoms with Gasteiger partial charge in [-0.25, -0.2) is 0 Å². The summed E-state index contributed by atoms with van der Waals surface area (Å²) in [6, 6.07) is 7.77. The van der Waals surface area contributed by atoms with Crippen LogP contribution in [-0.4, -0.2) is 40.5 Å². The molecule has 0 atom stereocenters. The molecule has 1 aromatic rings. The van der Waals surface area contributed by atoms with Gasteiger partial charge in [-0.15, -0.1) is 0 Å². The lowest BCUT2D eigenvalue weighted by atomic mass is 10.1. The number of methoxy groups -OCH3 is 2. The van der Waals surface area contributed by atoms with Gasteiger partial charge in [0.25, 0.3) is 0 Å². The Hall–Kier alpha value is -1.69. The van der Waals surface area contributed by atoms with Crippen LogP contribution in [0, 0.1) is 0 Å². The van der Waals surface area contributed by atoms with Gasteiger partial charge < -0.3 is 23.7 Å². The Morgan fingerprint density at radius 3 is 2.39 bits per heavy atom. The van der Waals surface area contributed by atoms with E-state index in [-0.39, 0.29) is 6.79 Å². The van der Waals surface area contributed by atoms with Crippen molar-refractivity contribution in [2.24, 2.45) is 0 Å². The average Bonchev–Trinajstić information content (AvgIpc) is 2.59. The number of carbonyl (C=O) groups is 1. The van der Waals surface area contributed by atoms with Gasteiger partial charge >= 0.3 is 0 Å². The molecular weight excluding hydrogens is 296 g/mol. The standard InChI is InChI=1S/C18H26O5/c1-15(5-4-10-19)17(13-23-14-20-2)12-22-11-16-6-8-18(21-3)9-7-16/h6-10H,4-5,11-14H2,1-3H3/b17-15-. The van der Waals surface area contributed by atoms with E-state index >= 15 is 0 Å². The van der Waals surface area contributed by atoms with E-state index in [9.17, 15) is 4.79 Å². The van der Waals surface area contributed by atoms with E-state index in [2.05, 4.69) is 0 Å². The van der Waals surface area contributed by atoms with E-state index < -0.39 is 0 Å². The fourth-order valence-corrected chi connectivity index (χ4v) is 2.00. The third-order valence-corrected chi connectivity index (χ3v) is 3.42. The highest BCUT2D eigenvalue weighted by Crippen LogP contribution is 2.14. The van der Waals surface area contributed by atoms with Gasteiger partial charge in [0.15, 0.2) is 0 Å². The quantitative estimate of drug-likeness (QED) is 0.256. The second kappa shape index (κ2) is 11.8. The number of hydrogen-bond acceptors (Lipinski definition) is 5. The third-order valence-electron chi connectivity index (χ3n) is 3.42. The summed E-state index contributed by atoms with van der Waals surface area (Å²) in [4.78, 5) is 10.5. The summed E-state index contributed by atoms with van der Waals surface area (Å²) >= 11 is 0. The summed E-state index contributed by atoms with van der Waals surface area (Å²) in [6.07, 6.45) is 2.16. The van der Waals surface area contributed by atoms with Crippen LogP contribution in [0.1, 0.15) is 25.3 Å². The van der Waals surface area contributed by atoms with Crippen LogP contribution in [0.2, 0.25) is 0 Å². The minimum absolute atomic E-state index is 0.239. The van der Waals surface area contributed by atoms with E-state index in [1.165, 1.54) is 0 Å². The number of ether oxygens (including phenoxy) is 4. The number of benzene rings is 1. The Kier molecular flexibility index (Phi) is 9.95. The molecule has 0 bridgehead atoms. The molecule has 0 amide bonds. The maximum absolute atomic E-state index is 10.5. The third kappa shape index (κ3) is 7.93. The number of aldehydes is 1. The Labute approximate surface area is 138 Å². The zero-order valence-corrected chi connectivity index (χ0v) is 14.2. The van der Waals surface area contributed by atoms with Gasteiger partial charge in [-0.2, -0.15) is 0 Å². The van der Waals surface area contributed by atoms with Gasteiger partial charge in [0.1, 0.15) is 18.8 Å².